The zero-order valence-corrected chi connectivity index (χ0v) is 15.0. The van der Waals surface area contributed by atoms with Crippen LogP contribution in [-0.2, 0) is 0 Å². The molecular weight excluding hydrogens is 276 g/mol. The van der Waals surface area contributed by atoms with Crippen molar-refractivity contribution < 1.29 is 15.3 Å². The van der Waals surface area contributed by atoms with Gasteiger partial charge in [-0.2, -0.15) is 0 Å². The van der Waals surface area contributed by atoms with Gasteiger partial charge in [-0.25, -0.2) is 0 Å². The van der Waals surface area contributed by atoms with E-state index >= 15 is 0 Å². The van der Waals surface area contributed by atoms with Gasteiger partial charge in [-0.05, 0) is 18.8 Å². The van der Waals surface area contributed by atoms with Crippen molar-refractivity contribution in [2.45, 2.75) is 110 Å². The predicted molar refractivity (Wildman–Crippen MR) is 94.0 cm³/mol. The van der Waals surface area contributed by atoms with Gasteiger partial charge in [0.1, 0.15) is 6.10 Å². The number of aliphatic hydroxyl groups is 3. The second-order valence-electron chi connectivity index (χ2n) is 6.76. The molecule has 3 N–H and O–H groups in total. The Morgan fingerprint density at radius 1 is 0.636 bits per heavy atom. The number of aliphatic hydroxyl groups excluding tert-OH is 3. The highest BCUT2D eigenvalue weighted by atomic mass is 16.4. The molecule has 0 aliphatic carbocycles. The standard InChI is InChI=1S/C19H40O3/c1-3-5-7-8-9-10-11-12-13-15-17(14-6-4-2)19(22)18(21)16-20/h17-22H,3-16H2,1-2H3/t17?,18-,19?/m0/s1. The molecule has 0 aliphatic rings. The van der Waals surface area contributed by atoms with Gasteiger partial charge < -0.3 is 15.3 Å². The van der Waals surface area contributed by atoms with Gasteiger partial charge in [0, 0.05) is 0 Å². The second-order valence-corrected chi connectivity index (χ2v) is 6.76. The summed E-state index contributed by atoms with van der Waals surface area (Å²) in [5.74, 6) is 0.131. The molecule has 0 saturated carbocycles. The predicted octanol–water partition coefficient (Wildman–Crippen LogP) is 4.43. The summed E-state index contributed by atoms with van der Waals surface area (Å²) in [5, 5.41) is 28.8. The van der Waals surface area contributed by atoms with E-state index in [1.54, 1.807) is 0 Å². The summed E-state index contributed by atoms with van der Waals surface area (Å²) in [6.07, 6.45) is 14.1. The fraction of sp³-hybridized carbons (Fsp3) is 1.00. The molecule has 22 heavy (non-hydrogen) atoms. The topological polar surface area (TPSA) is 60.7 Å². The molecule has 0 heterocycles. The van der Waals surface area contributed by atoms with Crippen molar-refractivity contribution >= 4 is 0 Å². The van der Waals surface area contributed by atoms with Crippen LogP contribution in [0.4, 0.5) is 0 Å². The van der Waals surface area contributed by atoms with Crippen molar-refractivity contribution in [2.24, 2.45) is 5.92 Å². The Kier molecular flexibility index (Phi) is 15.7. The summed E-state index contributed by atoms with van der Waals surface area (Å²) in [6, 6.07) is 0. The quantitative estimate of drug-likeness (QED) is 0.369. The molecule has 3 nitrogen and oxygen atoms in total. The van der Waals surface area contributed by atoms with Crippen LogP contribution in [-0.4, -0.2) is 34.1 Å². The van der Waals surface area contributed by atoms with Crippen molar-refractivity contribution in [3.05, 3.63) is 0 Å². The largest absolute Gasteiger partial charge is 0.394 e. The van der Waals surface area contributed by atoms with Crippen LogP contribution in [0.2, 0.25) is 0 Å². The first-order valence-corrected chi connectivity index (χ1v) is 9.64. The van der Waals surface area contributed by atoms with Crippen molar-refractivity contribution in [1.82, 2.24) is 0 Å². The van der Waals surface area contributed by atoms with Crippen LogP contribution in [0, 0.1) is 5.92 Å². The van der Waals surface area contributed by atoms with Gasteiger partial charge in [0.2, 0.25) is 0 Å². The minimum absolute atomic E-state index is 0.131. The van der Waals surface area contributed by atoms with E-state index < -0.39 is 12.2 Å². The minimum atomic E-state index is -0.986. The lowest BCUT2D eigenvalue weighted by Gasteiger charge is -2.26. The Labute approximate surface area is 138 Å². The summed E-state index contributed by atoms with van der Waals surface area (Å²) >= 11 is 0. The monoisotopic (exact) mass is 316 g/mol. The molecular formula is C19H40O3. The van der Waals surface area contributed by atoms with E-state index in [1.807, 2.05) is 0 Å². The first-order valence-electron chi connectivity index (χ1n) is 9.64. The highest BCUT2D eigenvalue weighted by Crippen LogP contribution is 2.23. The molecule has 3 heteroatoms. The number of hydrogen-bond acceptors (Lipinski definition) is 3. The molecule has 0 aliphatic heterocycles. The highest BCUT2D eigenvalue weighted by Gasteiger charge is 2.24. The van der Waals surface area contributed by atoms with Crippen LogP contribution in [0.5, 0.6) is 0 Å². The van der Waals surface area contributed by atoms with E-state index in [9.17, 15) is 10.2 Å². The van der Waals surface area contributed by atoms with Crippen LogP contribution in [0.15, 0.2) is 0 Å². The second kappa shape index (κ2) is 15.8. The number of unbranched alkanes of at least 4 members (excludes halogenated alkanes) is 9. The van der Waals surface area contributed by atoms with E-state index in [0.29, 0.717) is 0 Å². The summed E-state index contributed by atoms with van der Waals surface area (Å²) < 4.78 is 0. The molecule has 0 aromatic heterocycles. The van der Waals surface area contributed by atoms with E-state index in [0.717, 1.165) is 32.1 Å². The Hall–Kier alpha value is -0.120. The maximum Gasteiger partial charge on any atom is 0.103 e. The molecule has 2 unspecified atom stereocenters. The first-order chi connectivity index (χ1) is 10.7. The fourth-order valence-electron chi connectivity index (χ4n) is 3.09. The molecule has 134 valence electrons. The molecule has 0 spiro atoms. The van der Waals surface area contributed by atoms with Crippen molar-refractivity contribution in [3.63, 3.8) is 0 Å². The van der Waals surface area contributed by atoms with Gasteiger partial charge in [0.25, 0.3) is 0 Å². The van der Waals surface area contributed by atoms with Crippen LogP contribution >= 0.6 is 0 Å². The normalized spacial score (nSPS) is 15.7. The summed E-state index contributed by atoms with van der Waals surface area (Å²) in [7, 11) is 0. The lowest BCUT2D eigenvalue weighted by molar-refractivity contribution is -0.0475. The van der Waals surface area contributed by atoms with Crippen LogP contribution in [0.1, 0.15) is 97.3 Å². The summed E-state index contributed by atoms with van der Waals surface area (Å²) in [5.41, 5.74) is 0. The third-order valence-electron chi connectivity index (χ3n) is 4.67. The lowest BCUT2D eigenvalue weighted by Crippen LogP contribution is -2.36. The van der Waals surface area contributed by atoms with Gasteiger partial charge in [-0.15, -0.1) is 0 Å². The SMILES string of the molecule is CCCCCCCCCCCC(CCCC)C(O)[C@@H](O)CO. The Balaban J connectivity index is 3.75. The maximum atomic E-state index is 10.1. The Bertz CT molecular complexity index is 221. The third-order valence-corrected chi connectivity index (χ3v) is 4.67. The Morgan fingerprint density at radius 3 is 1.59 bits per heavy atom. The molecule has 0 rings (SSSR count). The van der Waals surface area contributed by atoms with Gasteiger partial charge in [0.05, 0.1) is 12.7 Å². The van der Waals surface area contributed by atoms with Gasteiger partial charge in [0.15, 0.2) is 0 Å². The summed E-state index contributed by atoms with van der Waals surface area (Å²) in [4.78, 5) is 0. The smallest absolute Gasteiger partial charge is 0.103 e. The number of rotatable bonds is 16. The molecule has 0 radical (unpaired) electrons. The number of hydrogen-bond donors (Lipinski definition) is 3. The summed E-state index contributed by atoms with van der Waals surface area (Å²) in [6.45, 7) is 4.04. The van der Waals surface area contributed by atoms with Crippen LogP contribution < -0.4 is 0 Å². The van der Waals surface area contributed by atoms with E-state index in [2.05, 4.69) is 13.8 Å². The highest BCUT2D eigenvalue weighted by molar-refractivity contribution is 4.75. The minimum Gasteiger partial charge on any atom is -0.394 e. The lowest BCUT2D eigenvalue weighted by atomic mass is 9.87. The van der Waals surface area contributed by atoms with E-state index in [1.165, 1.54) is 51.4 Å². The first kappa shape index (κ1) is 21.9. The van der Waals surface area contributed by atoms with E-state index in [-0.39, 0.29) is 12.5 Å². The fourth-order valence-corrected chi connectivity index (χ4v) is 3.09. The van der Waals surface area contributed by atoms with Gasteiger partial charge >= 0.3 is 0 Å². The van der Waals surface area contributed by atoms with Crippen molar-refractivity contribution in [3.8, 4) is 0 Å². The van der Waals surface area contributed by atoms with Crippen LogP contribution in [0.25, 0.3) is 0 Å². The third kappa shape index (κ3) is 11.4. The molecule has 0 saturated heterocycles. The average molecular weight is 317 g/mol. The molecule has 0 amide bonds. The Morgan fingerprint density at radius 2 is 1.09 bits per heavy atom. The molecule has 0 aromatic rings. The van der Waals surface area contributed by atoms with Crippen LogP contribution in [0.3, 0.4) is 0 Å². The van der Waals surface area contributed by atoms with Crippen molar-refractivity contribution in [2.75, 3.05) is 6.61 Å². The molecule has 0 aromatic carbocycles. The van der Waals surface area contributed by atoms with E-state index in [4.69, 9.17) is 5.11 Å². The zero-order valence-electron chi connectivity index (χ0n) is 15.0. The average Bonchev–Trinajstić information content (AvgIpc) is 2.54. The molecule has 0 bridgehead atoms. The van der Waals surface area contributed by atoms with Crippen molar-refractivity contribution in [1.29, 1.82) is 0 Å². The molecule has 0 fully saturated rings. The van der Waals surface area contributed by atoms with Gasteiger partial charge in [-0.1, -0.05) is 84.5 Å². The molecule has 3 atom stereocenters. The van der Waals surface area contributed by atoms with Gasteiger partial charge in [-0.3, -0.25) is 0 Å². The zero-order chi connectivity index (χ0) is 16.6. The maximum absolute atomic E-state index is 10.1.